The smallest absolute Gasteiger partial charge is 0.343 e. The van der Waals surface area contributed by atoms with E-state index < -0.39 is 11.5 Å². The van der Waals surface area contributed by atoms with E-state index in [0.29, 0.717) is 30.5 Å². The van der Waals surface area contributed by atoms with E-state index in [9.17, 15) is 14.4 Å². The zero-order chi connectivity index (χ0) is 14.7. The standard InChI is InChI=1S/C14H17NO5/c1-3-20-14(18)10-7-9-11(5-4-6-12(9)16)15(8-19-2)13(10)17/h7H,3-6,8H2,1-2H3. The lowest BCUT2D eigenvalue weighted by Crippen LogP contribution is -2.33. The molecular weight excluding hydrogens is 262 g/mol. The SMILES string of the molecule is CCOC(=O)c1cc2c(n(COC)c1=O)CCCC2=O. The van der Waals surface area contributed by atoms with Gasteiger partial charge in [-0.25, -0.2) is 4.79 Å². The van der Waals surface area contributed by atoms with E-state index in [4.69, 9.17) is 9.47 Å². The van der Waals surface area contributed by atoms with Crippen molar-refractivity contribution in [2.45, 2.75) is 32.9 Å². The van der Waals surface area contributed by atoms with Gasteiger partial charge in [-0.05, 0) is 25.8 Å². The highest BCUT2D eigenvalue weighted by Gasteiger charge is 2.25. The Morgan fingerprint density at radius 1 is 1.35 bits per heavy atom. The molecule has 0 saturated heterocycles. The molecule has 0 atom stereocenters. The Hall–Kier alpha value is -1.95. The second kappa shape index (κ2) is 6.00. The first kappa shape index (κ1) is 14.5. The molecule has 0 amide bonds. The largest absolute Gasteiger partial charge is 0.462 e. The summed E-state index contributed by atoms with van der Waals surface area (Å²) in [7, 11) is 1.46. The van der Waals surface area contributed by atoms with Crippen LogP contribution in [0.2, 0.25) is 0 Å². The van der Waals surface area contributed by atoms with E-state index in [1.807, 2.05) is 0 Å². The van der Waals surface area contributed by atoms with Gasteiger partial charge in [-0.1, -0.05) is 0 Å². The summed E-state index contributed by atoms with van der Waals surface area (Å²) in [5.41, 5.74) is 0.480. The molecule has 108 valence electrons. The molecule has 0 spiro atoms. The molecule has 0 bridgehead atoms. The topological polar surface area (TPSA) is 74.6 Å². The van der Waals surface area contributed by atoms with Gasteiger partial charge in [0.25, 0.3) is 5.56 Å². The van der Waals surface area contributed by atoms with Gasteiger partial charge in [0, 0.05) is 24.8 Å². The minimum atomic E-state index is -0.705. The van der Waals surface area contributed by atoms with E-state index >= 15 is 0 Å². The first-order valence-corrected chi connectivity index (χ1v) is 6.56. The monoisotopic (exact) mass is 279 g/mol. The second-order valence-electron chi connectivity index (χ2n) is 4.57. The summed E-state index contributed by atoms with van der Waals surface area (Å²) in [5, 5.41) is 0. The Morgan fingerprint density at radius 2 is 2.10 bits per heavy atom. The Bertz CT molecular complexity index is 602. The molecule has 0 radical (unpaired) electrons. The average molecular weight is 279 g/mol. The Balaban J connectivity index is 2.63. The van der Waals surface area contributed by atoms with Gasteiger partial charge in [0.05, 0.1) is 6.61 Å². The lowest BCUT2D eigenvalue weighted by molar-refractivity contribution is 0.0521. The van der Waals surface area contributed by atoms with Crippen LogP contribution in [0.5, 0.6) is 0 Å². The maximum atomic E-state index is 12.3. The van der Waals surface area contributed by atoms with Crippen LogP contribution in [0.1, 0.15) is 46.2 Å². The van der Waals surface area contributed by atoms with Gasteiger partial charge in [-0.15, -0.1) is 0 Å². The fraction of sp³-hybridized carbons (Fsp3) is 0.500. The number of fused-ring (bicyclic) bond motifs is 1. The van der Waals surface area contributed by atoms with E-state index in [1.54, 1.807) is 6.92 Å². The quantitative estimate of drug-likeness (QED) is 0.773. The zero-order valence-electron chi connectivity index (χ0n) is 11.6. The minimum Gasteiger partial charge on any atom is -0.462 e. The van der Waals surface area contributed by atoms with Crippen molar-refractivity contribution in [2.24, 2.45) is 0 Å². The van der Waals surface area contributed by atoms with E-state index in [1.165, 1.54) is 17.7 Å². The molecule has 1 aromatic heterocycles. The van der Waals surface area contributed by atoms with Gasteiger partial charge < -0.3 is 9.47 Å². The maximum Gasteiger partial charge on any atom is 0.343 e. The number of carbonyl (C=O) groups is 2. The molecular formula is C14H17NO5. The van der Waals surface area contributed by atoms with Crippen molar-refractivity contribution in [3.8, 4) is 0 Å². The molecule has 0 saturated carbocycles. The van der Waals surface area contributed by atoms with Crippen LogP contribution in [0.25, 0.3) is 0 Å². The highest BCUT2D eigenvalue weighted by Crippen LogP contribution is 2.21. The first-order chi connectivity index (χ1) is 9.60. The summed E-state index contributed by atoms with van der Waals surface area (Å²) in [6.45, 7) is 1.85. The number of rotatable bonds is 4. The summed E-state index contributed by atoms with van der Waals surface area (Å²) in [6, 6.07) is 1.36. The molecule has 0 fully saturated rings. The zero-order valence-corrected chi connectivity index (χ0v) is 11.6. The molecule has 20 heavy (non-hydrogen) atoms. The molecule has 2 rings (SSSR count). The summed E-state index contributed by atoms with van der Waals surface area (Å²) in [4.78, 5) is 36.1. The van der Waals surface area contributed by atoms with Crippen molar-refractivity contribution < 1.29 is 19.1 Å². The maximum absolute atomic E-state index is 12.3. The third kappa shape index (κ3) is 2.51. The number of hydrogen-bond donors (Lipinski definition) is 0. The summed E-state index contributed by atoms with van der Waals surface area (Å²) >= 11 is 0. The van der Waals surface area contributed by atoms with Crippen molar-refractivity contribution in [1.29, 1.82) is 0 Å². The highest BCUT2D eigenvalue weighted by molar-refractivity contribution is 6.00. The Labute approximate surface area is 116 Å². The number of hydrogen-bond acceptors (Lipinski definition) is 5. The van der Waals surface area contributed by atoms with Crippen molar-refractivity contribution in [3.63, 3.8) is 0 Å². The first-order valence-electron chi connectivity index (χ1n) is 6.56. The Kier molecular flexibility index (Phi) is 4.34. The second-order valence-corrected chi connectivity index (χ2v) is 4.57. The molecule has 6 nitrogen and oxygen atoms in total. The summed E-state index contributed by atoms with van der Waals surface area (Å²) in [5.74, 6) is -0.759. The third-order valence-electron chi connectivity index (χ3n) is 3.27. The van der Waals surface area contributed by atoms with Crippen LogP contribution in [-0.4, -0.2) is 30.0 Å². The van der Waals surface area contributed by atoms with Crippen molar-refractivity contribution in [2.75, 3.05) is 13.7 Å². The predicted octanol–water partition coefficient (Wildman–Crippen LogP) is 1.15. The molecule has 1 aliphatic carbocycles. The highest BCUT2D eigenvalue weighted by atomic mass is 16.5. The fourth-order valence-electron chi connectivity index (χ4n) is 2.39. The van der Waals surface area contributed by atoms with Gasteiger partial charge in [-0.3, -0.25) is 14.2 Å². The average Bonchev–Trinajstić information content (AvgIpc) is 2.42. The molecule has 0 unspecified atom stereocenters. The van der Waals surface area contributed by atoms with E-state index in [0.717, 1.165) is 0 Å². The number of pyridine rings is 1. The molecule has 0 N–H and O–H groups in total. The number of carbonyl (C=O) groups excluding carboxylic acids is 2. The number of methoxy groups -OCH3 is 1. The molecule has 1 aliphatic rings. The lowest BCUT2D eigenvalue weighted by Gasteiger charge is -2.20. The van der Waals surface area contributed by atoms with Gasteiger partial charge in [0.2, 0.25) is 0 Å². The molecule has 1 heterocycles. The van der Waals surface area contributed by atoms with Gasteiger partial charge in [0.1, 0.15) is 12.3 Å². The summed E-state index contributed by atoms with van der Waals surface area (Å²) < 4.78 is 11.2. The van der Waals surface area contributed by atoms with Crippen molar-refractivity contribution >= 4 is 11.8 Å². The number of Topliss-reactive ketones (excluding diaryl/α,β-unsaturated/α-hetero) is 1. The van der Waals surface area contributed by atoms with Crippen LogP contribution in [-0.2, 0) is 22.6 Å². The van der Waals surface area contributed by atoms with Crippen LogP contribution in [0.3, 0.4) is 0 Å². The molecule has 1 aromatic rings. The normalized spacial score (nSPS) is 14.0. The number of esters is 1. The predicted molar refractivity (Wildman–Crippen MR) is 70.9 cm³/mol. The number of nitrogens with zero attached hydrogens (tertiary/aromatic N) is 1. The molecule has 0 aromatic carbocycles. The molecule has 0 aliphatic heterocycles. The van der Waals surface area contributed by atoms with Crippen molar-refractivity contribution in [1.82, 2.24) is 4.57 Å². The fourth-order valence-corrected chi connectivity index (χ4v) is 2.39. The lowest BCUT2D eigenvalue weighted by atomic mass is 9.93. The molecule has 6 heteroatoms. The van der Waals surface area contributed by atoms with E-state index in [2.05, 4.69) is 0 Å². The number of aromatic nitrogens is 1. The van der Waals surface area contributed by atoms with Gasteiger partial charge in [0.15, 0.2) is 5.78 Å². The number of ether oxygens (including phenoxy) is 2. The van der Waals surface area contributed by atoms with Crippen LogP contribution >= 0.6 is 0 Å². The van der Waals surface area contributed by atoms with E-state index in [-0.39, 0.29) is 24.7 Å². The van der Waals surface area contributed by atoms with Crippen LogP contribution < -0.4 is 5.56 Å². The van der Waals surface area contributed by atoms with Crippen LogP contribution in [0.15, 0.2) is 10.9 Å². The Morgan fingerprint density at radius 3 is 2.75 bits per heavy atom. The third-order valence-corrected chi connectivity index (χ3v) is 3.27. The summed E-state index contributed by atoms with van der Waals surface area (Å²) in [6.07, 6.45) is 1.76. The van der Waals surface area contributed by atoms with Gasteiger partial charge >= 0.3 is 5.97 Å². The minimum absolute atomic E-state index is 0.0156. The van der Waals surface area contributed by atoms with Crippen LogP contribution in [0, 0.1) is 0 Å². The van der Waals surface area contributed by atoms with Gasteiger partial charge in [-0.2, -0.15) is 0 Å². The van der Waals surface area contributed by atoms with Crippen molar-refractivity contribution in [3.05, 3.63) is 33.2 Å². The number of ketones is 1. The van der Waals surface area contributed by atoms with Crippen LogP contribution in [0.4, 0.5) is 0 Å².